The van der Waals surface area contributed by atoms with E-state index in [1.54, 1.807) is 40.9 Å². The van der Waals surface area contributed by atoms with Gasteiger partial charge in [0.2, 0.25) is 0 Å². The second kappa shape index (κ2) is 8.82. The van der Waals surface area contributed by atoms with E-state index >= 15 is 0 Å². The maximum Gasteiger partial charge on any atom is 0.410 e. The molecule has 0 N–H and O–H groups in total. The summed E-state index contributed by atoms with van der Waals surface area (Å²) in [6.45, 7) is 12.4. The van der Waals surface area contributed by atoms with E-state index in [4.69, 9.17) is 4.74 Å². The first-order valence-electron chi connectivity index (χ1n) is 12.2. The fraction of sp³-hybridized carbons (Fsp3) is 0.423. The third kappa shape index (κ3) is 4.73. The number of hydrogen-bond acceptors (Lipinski definition) is 7. The Bertz CT molecular complexity index is 1560. The van der Waals surface area contributed by atoms with Crippen molar-refractivity contribution < 1.29 is 13.9 Å². The van der Waals surface area contributed by atoms with Gasteiger partial charge >= 0.3 is 11.8 Å². The van der Waals surface area contributed by atoms with Crippen LogP contribution in [0.4, 0.5) is 14.9 Å². The highest BCUT2D eigenvalue weighted by atomic mass is 19.1. The van der Waals surface area contributed by atoms with E-state index in [-0.39, 0.29) is 29.6 Å². The highest BCUT2D eigenvalue weighted by Crippen LogP contribution is 2.25. The summed E-state index contributed by atoms with van der Waals surface area (Å²) in [6, 6.07) is 4.72. The number of piperazine rings is 1. The zero-order valence-corrected chi connectivity index (χ0v) is 21.8. The fourth-order valence-corrected chi connectivity index (χ4v) is 4.83. The molecule has 0 spiro atoms. The van der Waals surface area contributed by atoms with Crippen LogP contribution in [-0.2, 0) is 4.74 Å². The molecule has 10 nitrogen and oxygen atoms in total. The number of amides is 1. The van der Waals surface area contributed by atoms with Gasteiger partial charge in [-0.3, -0.25) is 4.90 Å². The van der Waals surface area contributed by atoms with Crippen LogP contribution in [0.3, 0.4) is 0 Å². The number of ether oxygens (including phenoxy) is 1. The Morgan fingerprint density at radius 2 is 1.76 bits per heavy atom. The predicted octanol–water partition coefficient (Wildman–Crippen LogP) is 3.69. The number of halogens is 1. The monoisotopic (exact) mass is 507 g/mol. The number of pyridine rings is 2. The molecule has 0 radical (unpaired) electrons. The second-order valence-electron chi connectivity index (χ2n) is 10.6. The van der Waals surface area contributed by atoms with Gasteiger partial charge in [0.1, 0.15) is 11.2 Å². The lowest BCUT2D eigenvalue weighted by atomic mass is 10.1. The van der Waals surface area contributed by atoms with Crippen molar-refractivity contribution in [2.24, 2.45) is 0 Å². The Balaban J connectivity index is 1.43. The minimum Gasteiger partial charge on any atom is -0.444 e. The lowest BCUT2D eigenvalue weighted by Gasteiger charge is -2.45. The normalized spacial score (nSPS) is 18.6. The number of aryl methyl sites for hydroxylation is 1. The summed E-state index contributed by atoms with van der Waals surface area (Å²) in [6.07, 6.45) is 4.73. The van der Waals surface area contributed by atoms with E-state index < -0.39 is 17.1 Å². The maximum atomic E-state index is 14.6. The molecule has 4 aromatic heterocycles. The highest BCUT2D eigenvalue weighted by molar-refractivity contribution is 5.70. The number of fused-ring (bicyclic) bond motifs is 2. The molecule has 11 heteroatoms. The van der Waals surface area contributed by atoms with Gasteiger partial charge < -0.3 is 14.0 Å². The summed E-state index contributed by atoms with van der Waals surface area (Å²) in [5.41, 5.74) is 1.40. The van der Waals surface area contributed by atoms with Gasteiger partial charge in [-0.2, -0.15) is 4.98 Å². The van der Waals surface area contributed by atoms with Gasteiger partial charge in [-0.25, -0.2) is 28.3 Å². The molecule has 0 unspecified atom stereocenters. The summed E-state index contributed by atoms with van der Waals surface area (Å²) in [5, 5.41) is 0. The molecule has 0 aromatic carbocycles. The van der Waals surface area contributed by atoms with Gasteiger partial charge in [0.15, 0.2) is 17.3 Å². The SMILES string of the molecule is Cc1cn2cc(-c3nc(=O)n4cc(N5C[C@@H](C)N(C(=O)OC(C)(C)C)[C@@H](C)C5)ccc4n3)cc(F)c2n1. The minimum atomic E-state index is -0.568. The summed E-state index contributed by atoms with van der Waals surface area (Å²) in [4.78, 5) is 42.4. The summed E-state index contributed by atoms with van der Waals surface area (Å²) < 4.78 is 23.1. The number of imidazole rings is 1. The van der Waals surface area contributed by atoms with Crippen molar-refractivity contribution in [3.63, 3.8) is 0 Å². The molecule has 194 valence electrons. The van der Waals surface area contributed by atoms with Crippen LogP contribution in [0.5, 0.6) is 0 Å². The molecule has 4 aromatic rings. The summed E-state index contributed by atoms with van der Waals surface area (Å²) >= 11 is 0. The quantitative estimate of drug-likeness (QED) is 0.408. The van der Waals surface area contributed by atoms with Crippen LogP contribution in [0.2, 0.25) is 0 Å². The smallest absolute Gasteiger partial charge is 0.410 e. The molecule has 1 fully saturated rings. The zero-order chi connectivity index (χ0) is 26.6. The van der Waals surface area contributed by atoms with E-state index in [1.165, 1.54) is 10.5 Å². The van der Waals surface area contributed by atoms with Crippen LogP contribution >= 0.6 is 0 Å². The van der Waals surface area contributed by atoms with Crippen LogP contribution in [0.25, 0.3) is 22.7 Å². The number of carbonyl (C=O) groups is 1. The van der Waals surface area contributed by atoms with Gasteiger partial charge in [-0.1, -0.05) is 0 Å². The molecule has 0 saturated carbocycles. The van der Waals surface area contributed by atoms with Crippen molar-refractivity contribution in [1.82, 2.24) is 28.7 Å². The van der Waals surface area contributed by atoms with Crippen LogP contribution in [0, 0.1) is 12.7 Å². The zero-order valence-electron chi connectivity index (χ0n) is 21.8. The van der Waals surface area contributed by atoms with Crippen LogP contribution in [0.15, 0.2) is 41.6 Å². The Morgan fingerprint density at radius 1 is 1.05 bits per heavy atom. The number of hydrogen-bond donors (Lipinski definition) is 0. The average Bonchev–Trinajstić information content (AvgIpc) is 3.18. The molecule has 5 heterocycles. The van der Waals surface area contributed by atoms with Crippen LogP contribution in [0.1, 0.15) is 40.3 Å². The lowest BCUT2D eigenvalue weighted by molar-refractivity contribution is 0.00565. The first kappa shape index (κ1) is 24.7. The first-order valence-corrected chi connectivity index (χ1v) is 12.2. The average molecular weight is 508 g/mol. The van der Waals surface area contributed by atoms with Crippen LogP contribution in [-0.4, -0.2) is 65.5 Å². The molecule has 0 aliphatic carbocycles. The van der Waals surface area contributed by atoms with Crippen molar-refractivity contribution in [2.45, 2.75) is 59.2 Å². The Morgan fingerprint density at radius 3 is 2.43 bits per heavy atom. The molecule has 5 rings (SSSR count). The Labute approximate surface area is 213 Å². The Hall–Kier alpha value is -4.02. The van der Waals surface area contributed by atoms with Gasteiger partial charge in [-0.15, -0.1) is 0 Å². The van der Waals surface area contributed by atoms with Crippen molar-refractivity contribution >= 4 is 23.1 Å². The van der Waals surface area contributed by atoms with Gasteiger partial charge in [0.25, 0.3) is 0 Å². The lowest BCUT2D eigenvalue weighted by Crippen LogP contribution is -2.59. The van der Waals surface area contributed by atoms with Gasteiger partial charge in [-0.05, 0) is 59.7 Å². The molecular weight excluding hydrogens is 477 g/mol. The minimum absolute atomic E-state index is 0.0960. The number of nitrogens with zero attached hydrogens (tertiary/aromatic N) is 7. The second-order valence-corrected chi connectivity index (χ2v) is 10.6. The van der Waals surface area contributed by atoms with Crippen molar-refractivity contribution in [3.05, 3.63) is 58.8 Å². The maximum absolute atomic E-state index is 14.6. The molecule has 2 atom stereocenters. The number of carbonyl (C=O) groups excluding carboxylic acids is 1. The molecular formula is C26H30FN7O3. The number of rotatable bonds is 2. The molecule has 1 amide bonds. The van der Waals surface area contributed by atoms with Crippen LogP contribution < -0.4 is 10.6 Å². The number of anilines is 1. The van der Waals surface area contributed by atoms with Gasteiger partial charge in [0.05, 0.1) is 23.5 Å². The van der Waals surface area contributed by atoms with E-state index in [2.05, 4.69) is 19.9 Å². The van der Waals surface area contributed by atoms with Crippen molar-refractivity contribution in [1.29, 1.82) is 0 Å². The van der Waals surface area contributed by atoms with E-state index in [9.17, 15) is 14.0 Å². The molecule has 1 saturated heterocycles. The molecule has 0 bridgehead atoms. The predicted molar refractivity (Wildman–Crippen MR) is 137 cm³/mol. The topological polar surface area (TPSA) is 97.3 Å². The third-order valence-electron chi connectivity index (χ3n) is 6.31. The van der Waals surface area contributed by atoms with E-state index in [0.717, 1.165) is 5.69 Å². The van der Waals surface area contributed by atoms with E-state index in [1.807, 2.05) is 40.7 Å². The highest BCUT2D eigenvalue weighted by Gasteiger charge is 2.35. The summed E-state index contributed by atoms with van der Waals surface area (Å²) in [7, 11) is 0. The van der Waals surface area contributed by atoms with Crippen molar-refractivity contribution in [2.75, 3.05) is 18.0 Å². The Kier molecular flexibility index (Phi) is 5.88. The van der Waals surface area contributed by atoms with Gasteiger partial charge in [0, 0.05) is 37.2 Å². The summed E-state index contributed by atoms with van der Waals surface area (Å²) in [5.74, 6) is -0.378. The van der Waals surface area contributed by atoms with E-state index in [0.29, 0.717) is 30.0 Å². The van der Waals surface area contributed by atoms with Crippen molar-refractivity contribution in [3.8, 4) is 11.4 Å². The standard InChI is InChI=1S/C26H30FN7O3/c1-15-10-32-13-18(9-20(27)23(32)28-15)22-29-21-8-7-19(14-33(21)24(35)30-22)31-11-16(2)34(17(3)12-31)25(36)37-26(4,5)6/h7-10,13-14,16-17H,11-12H2,1-6H3/t16-,17+. The molecule has 37 heavy (non-hydrogen) atoms. The molecule has 1 aliphatic heterocycles. The first-order chi connectivity index (χ1) is 17.4. The number of aromatic nitrogens is 5. The third-order valence-corrected chi connectivity index (χ3v) is 6.31. The molecule has 1 aliphatic rings. The largest absolute Gasteiger partial charge is 0.444 e. The fourth-order valence-electron chi connectivity index (χ4n) is 4.83.